The van der Waals surface area contributed by atoms with E-state index in [1.165, 1.54) is 12.8 Å². The van der Waals surface area contributed by atoms with Gasteiger partial charge in [-0.25, -0.2) is 13.1 Å². The fourth-order valence-corrected chi connectivity index (χ4v) is 3.90. The molecule has 1 aromatic carbocycles. The maximum atomic E-state index is 12.1. The number of benzene rings is 1. The van der Waals surface area contributed by atoms with Gasteiger partial charge in [0.05, 0.1) is 4.90 Å². The molecule has 0 heterocycles. The van der Waals surface area contributed by atoms with Crippen molar-refractivity contribution in [3.63, 3.8) is 0 Å². The third-order valence-electron chi connectivity index (χ3n) is 4.54. The number of hydrogen-bond acceptors (Lipinski definition) is 4. The van der Waals surface area contributed by atoms with E-state index >= 15 is 0 Å². The molecule has 3 rings (SSSR count). The van der Waals surface area contributed by atoms with Crippen LogP contribution in [-0.4, -0.2) is 33.0 Å². The fourth-order valence-electron chi connectivity index (χ4n) is 2.59. The quantitative estimate of drug-likeness (QED) is 0.595. The Morgan fingerprint density at radius 3 is 2.36 bits per heavy atom. The first-order valence-corrected chi connectivity index (χ1v) is 10.1. The van der Waals surface area contributed by atoms with Gasteiger partial charge < -0.3 is 11.1 Å². The molecule has 0 spiro atoms. The number of carbonyl (C=O) groups excluding carboxylic acids is 1. The number of sulfonamides is 1. The summed E-state index contributed by atoms with van der Waals surface area (Å²) in [5, 5.41) is 2.87. The van der Waals surface area contributed by atoms with E-state index in [0.717, 1.165) is 18.4 Å². The highest BCUT2D eigenvalue weighted by Crippen LogP contribution is 2.31. The molecular formula is C17H26ClN3O3S. The van der Waals surface area contributed by atoms with Gasteiger partial charge in [-0.05, 0) is 55.7 Å². The molecular weight excluding hydrogens is 362 g/mol. The first-order valence-electron chi connectivity index (χ1n) is 8.57. The van der Waals surface area contributed by atoms with E-state index in [-0.39, 0.29) is 35.3 Å². The molecule has 2 saturated carbocycles. The van der Waals surface area contributed by atoms with Crippen molar-refractivity contribution in [3.8, 4) is 0 Å². The maximum absolute atomic E-state index is 12.1. The van der Waals surface area contributed by atoms with E-state index in [0.29, 0.717) is 25.3 Å². The number of rotatable bonds is 9. The van der Waals surface area contributed by atoms with Gasteiger partial charge in [0.1, 0.15) is 0 Å². The molecule has 140 valence electrons. The van der Waals surface area contributed by atoms with Gasteiger partial charge in [-0.3, -0.25) is 4.79 Å². The maximum Gasteiger partial charge on any atom is 0.240 e. The van der Waals surface area contributed by atoms with Gasteiger partial charge in [-0.2, -0.15) is 0 Å². The second-order valence-corrected chi connectivity index (χ2v) is 8.56. The lowest BCUT2D eigenvalue weighted by Crippen LogP contribution is -2.38. The molecule has 2 aliphatic carbocycles. The molecule has 6 nitrogen and oxygen atoms in total. The Balaban J connectivity index is 0.00000225. The molecule has 0 saturated heterocycles. The van der Waals surface area contributed by atoms with Gasteiger partial charge in [0.2, 0.25) is 15.9 Å². The van der Waals surface area contributed by atoms with Crippen molar-refractivity contribution in [2.75, 3.05) is 6.54 Å². The van der Waals surface area contributed by atoms with Crippen LogP contribution in [0.5, 0.6) is 0 Å². The van der Waals surface area contributed by atoms with Crippen LogP contribution in [0.3, 0.4) is 0 Å². The van der Waals surface area contributed by atoms with E-state index in [9.17, 15) is 13.2 Å². The molecule has 1 amide bonds. The van der Waals surface area contributed by atoms with Crippen molar-refractivity contribution in [1.29, 1.82) is 0 Å². The molecule has 4 N–H and O–H groups in total. The van der Waals surface area contributed by atoms with Gasteiger partial charge in [0, 0.05) is 25.0 Å². The monoisotopic (exact) mass is 387 g/mol. The minimum absolute atomic E-state index is 0. The Morgan fingerprint density at radius 2 is 1.80 bits per heavy atom. The van der Waals surface area contributed by atoms with E-state index < -0.39 is 10.0 Å². The van der Waals surface area contributed by atoms with Gasteiger partial charge in [0.25, 0.3) is 0 Å². The van der Waals surface area contributed by atoms with Crippen LogP contribution in [0, 0.1) is 5.92 Å². The summed E-state index contributed by atoms with van der Waals surface area (Å²) in [4.78, 5) is 12.1. The van der Waals surface area contributed by atoms with Crippen molar-refractivity contribution in [3.05, 3.63) is 29.8 Å². The summed E-state index contributed by atoms with van der Waals surface area (Å²) in [5.41, 5.74) is 6.90. The van der Waals surface area contributed by atoms with Gasteiger partial charge >= 0.3 is 0 Å². The predicted octanol–water partition coefficient (Wildman–Crippen LogP) is 1.34. The summed E-state index contributed by atoms with van der Waals surface area (Å²) in [6.45, 7) is 0.535. The first kappa shape index (κ1) is 20.2. The van der Waals surface area contributed by atoms with Crippen molar-refractivity contribution >= 4 is 28.3 Å². The number of hydrogen-bond donors (Lipinski definition) is 3. The minimum Gasteiger partial charge on any atom is -0.355 e. The number of carbonyl (C=O) groups is 1. The SMILES string of the molecule is Cl.NC(CNC(=O)CCc1ccc(S(=O)(=O)NC2CC2)cc1)C1CC1. The molecule has 25 heavy (non-hydrogen) atoms. The lowest BCUT2D eigenvalue weighted by atomic mass is 10.1. The van der Waals surface area contributed by atoms with Crippen LogP contribution in [0.15, 0.2) is 29.2 Å². The lowest BCUT2D eigenvalue weighted by Gasteiger charge is -2.11. The van der Waals surface area contributed by atoms with E-state index in [1.807, 2.05) is 0 Å². The summed E-state index contributed by atoms with van der Waals surface area (Å²) in [7, 11) is -3.41. The molecule has 0 radical (unpaired) electrons. The Labute approximate surface area is 155 Å². The summed E-state index contributed by atoms with van der Waals surface area (Å²) >= 11 is 0. The number of nitrogens with one attached hydrogen (secondary N) is 2. The molecule has 8 heteroatoms. The highest BCUT2D eigenvalue weighted by atomic mass is 35.5. The molecule has 2 fully saturated rings. The summed E-state index contributed by atoms with van der Waals surface area (Å²) in [6, 6.07) is 6.90. The largest absolute Gasteiger partial charge is 0.355 e. The van der Waals surface area contributed by atoms with Crippen LogP contribution < -0.4 is 15.8 Å². The van der Waals surface area contributed by atoms with E-state index in [1.54, 1.807) is 24.3 Å². The number of amides is 1. The first-order chi connectivity index (χ1) is 11.4. The topological polar surface area (TPSA) is 101 Å². The molecule has 0 aromatic heterocycles. The number of aryl methyl sites for hydroxylation is 1. The molecule has 1 unspecified atom stereocenters. The smallest absolute Gasteiger partial charge is 0.240 e. The van der Waals surface area contributed by atoms with Crippen molar-refractivity contribution in [2.45, 2.75) is 55.5 Å². The number of halogens is 1. The second kappa shape index (κ2) is 8.49. The zero-order valence-electron chi connectivity index (χ0n) is 14.1. The van der Waals surface area contributed by atoms with Gasteiger partial charge in [-0.15, -0.1) is 12.4 Å². The van der Waals surface area contributed by atoms with Crippen LogP contribution in [-0.2, 0) is 21.2 Å². The third-order valence-corrected chi connectivity index (χ3v) is 6.07. The summed E-state index contributed by atoms with van der Waals surface area (Å²) in [6.07, 6.45) is 5.13. The van der Waals surface area contributed by atoms with E-state index in [4.69, 9.17) is 5.73 Å². The van der Waals surface area contributed by atoms with Crippen LogP contribution in [0.4, 0.5) is 0 Å². The van der Waals surface area contributed by atoms with Crippen LogP contribution in [0.1, 0.15) is 37.7 Å². The van der Waals surface area contributed by atoms with Crippen LogP contribution in [0.2, 0.25) is 0 Å². The molecule has 2 aliphatic rings. The zero-order chi connectivity index (χ0) is 17.2. The Morgan fingerprint density at radius 1 is 1.16 bits per heavy atom. The van der Waals surface area contributed by atoms with Gasteiger partial charge in [0.15, 0.2) is 0 Å². The standard InChI is InChI=1S/C17H25N3O3S.ClH/c18-16(13-4-5-13)11-19-17(21)10-3-12-1-8-15(9-2-12)24(22,23)20-14-6-7-14;/h1-2,8-9,13-14,16,20H,3-7,10-11,18H2,(H,19,21);1H. The normalized spacial score (nSPS) is 18.3. The minimum atomic E-state index is -3.41. The molecule has 0 aliphatic heterocycles. The average Bonchev–Trinajstić information content (AvgIpc) is 3.44. The van der Waals surface area contributed by atoms with Crippen molar-refractivity contribution in [2.24, 2.45) is 11.7 Å². The second-order valence-electron chi connectivity index (χ2n) is 6.84. The highest BCUT2D eigenvalue weighted by Gasteiger charge is 2.29. The molecule has 0 bridgehead atoms. The Hall–Kier alpha value is -1.15. The summed E-state index contributed by atoms with van der Waals surface area (Å²) in [5.74, 6) is 0.558. The predicted molar refractivity (Wildman–Crippen MR) is 99.1 cm³/mol. The Kier molecular flexibility index (Phi) is 6.85. The summed E-state index contributed by atoms with van der Waals surface area (Å²) < 4.78 is 26.8. The fraction of sp³-hybridized carbons (Fsp3) is 0.588. The third kappa shape index (κ3) is 6.26. The van der Waals surface area contributed by atoms with Crippen molar-refractivity contribution < 1.29 is 13.2 Å². The van der Waals surface area contributed by atoms with Crippen molar-refractivity contribution in [1.82, 2.24) is 10.0 Å². The average molecular weight is 388 g/mol. The van der Waals surface area contributed by atoms with Gasteiger partial charge in [-0.1, -0.05) is 12.1 Å². The van der Waals surface area contributed by atoms with Crippen LogP contribution >= 0.6 is 12.4 Å². The zero-order valence-corrected chi connectivity index (χ0v) is 15.7. The molecule has 1 aromatic rings. The number of nitrogens with two attached hydrogens (primary N) is 1. The Bertz CT molecular complexity index is 686. The molecule has 1 atom stereocenters. The highest BCUT2D eigenvalue weighted by molar-refractivity contribution is 7.89. The van der Waals surface area contributed by atoms with E-state index in [2.05, 4.69) is 10.0 Å². The lowest BCUT2D eigenvalue weighted by molar-refractivity contribution is -0.121. The van der Waals surface area contributed by atoms with Crippen LogP contribution in [0.25, 0.3) is 0 Å².